The van der Waals surface area contributed by atoms with Crippen molar-refractivity contribution in [2.75, 3.05) is 11.9 Å². The van der Waals surface area contributed by atoms with Crippen LogP contribution >= 0.6 is 11.6 Å². The normalized spacial score (nSPS) is 22.5. The molecule has 1 aromatic carbocycles. The van der Waals surface area contributed by atoms with Crippen molar-refractivity contribution >= 4 is 23.2 Å². The zero-order chi connectivity index (χ0) is 13.9. The van der Waals surface area contributed by atoms with E-state index in [1.54, 1.807) is 0 Å². The number of carbonyl (C=O) groups is 1. The first-order valence-corrected chi connectivity index (χ1v) is 7.28. The molecule has 0 saturated carbocycles. The van der Waals surface area contributed by atoms with E-state index in [1.165, 1.54) is 0 Å². The van der Waals surface area contributed by atoms with Crippen LogP contribution in [0, 0.1) is 6.92 Å². The van der Waals surface area contributed by atoms with Gasteiger partial charge in [0.05, 0.1) is 5.54 Å². The van der Waals surface area contributed by atoms with Crippen LogP contribution in [0.5, 0.6) is 0 Å². The Bertz CT molecular complexity index is 467. The number of hydrogen-bond acceptors (Lipinski definition) is 2. The molecule has 19 heavy (non-hydrogen) atoms. The van der Waals surface area contributed by atoms with Gasteiger partial charge in [-0.15, -0.1) is 0 Å². The third-order valence-electron chi connectivity index (χ3n) is 3.87. The van der Waals surface area contributed by atoms with Crippen LogP contribution in [-0.2, 0) is 4.79 Å². The summed E-state index contributed by atoms with van der Waals surface area (Å²) in [5.74, 6) is 0.0669. The Kier molecular flexibility index (Phi) is 4.48. The molecule has 1 fully saturated rings. The van der Waals surface area contributed by atoms with E-state index in [4.69, 9.17) is 11.6 Å². The van der Waals surface area contributed by atoms with E-state index in [1.807, 2.05) is 25.1 Å². The number of anilines is 1. The summed E-state index contributed by atoms with van der Waals surface area (Å²) in [6.07, 6.45) is 3.83. The first-order chi connectivity index (χ1) is 9.09. The molecular formula is C15H21ClN2O. The first-order valence-electron chi connectivity index (χ1n) is 6.90. The molecule has 1 aromatic rings. The first kappa shape index (κ1) is 14.4. The molecule has 1 heterocycles. The van der Waals surface area contributed by atoms with Crippen LogP contribution in [-0.4, -0.2) is 18.0 Å². The smallest absolute Gasteiger partial charge is 0.244 e. The summed E-state index contributed by atoms with van der Waals surface area (Å²) < 4.78 is 0. The van der Waals surface area contributed by atoms with E-state index in [-0.39, 0.29) is 5.91 Å². The molecule has 4 heteroatoms. The molecule has 0 aliphatic carbocycles. The lowest BCUT2D eigenvalue weighted by Crippen LogP contribution is -2.50. The number of carbonyl (C=O) groups excluding carboxylic acids is 1. The molecule has 1 atom stereocenters. The fourth-order valence-electron chi connectivity index (χ4n) is 2.74. The molecule has 2 rings (SSSR count). The maximum absolute atomic E-state index is 12.6. The minimum Gasteiger partial charge on any atom is -0.324 e. The van der Waals surface area contributed by atoms with Crippen LogP contribution in [0.15, 0.2) is 18.2 Å². The molecule has 0 bridgehead atoms. The molecule has 0 spiro atoms. The summed E-state index contributed by atoms with van der Waals surface area (Å²) in [4.78, 5) is 12.6. The highest BCUT2D eigenvalue weighted by Crippen LogP contribution is 2.28. The van der Waals surface area contributed by atoms with Gasteiger partial charge < -0.3 is 10.6 Å². The lowest BCUT2D eigenvalue weighted by atomic mass is 9.90. The molecule has 1 aliphatic rings. The second kappa shape index (κ2) is 5.93. The highest BCUT2D eigenvalue weighted by molar-refractivity contribution is 6.31. The zero-order valence-corrected chi connectivity index (χ0v) is 12.3. The van der Waals surface area contributed by atoms with Gasteiger partial charge in [0.2, 0.25) is 5.91 Å². The zero-order valence-electron chi connectivity index (χ0n) is 11.6. The van der Waals surface area contributed by atoms with Crippen molar-refractivity contribution in [1.82, 2.24) is 5.32 Å². The van der Waals surface area contributed by atoms with Gasteiger partial charge in [0.15, 0.2) is 0 Å². The van der Waals surface area contributed by atoms with Crippen molar-refractivity contribution in [2.24, 2.45) is 0 Å². The third kappa shape index (κ3) is 2.93. The number of hydrogen-bond donors (Lipinski definition) is 2. The molecule has 0 aromatic heterocycles. The van der Waals surface area contributed by atoms with Crippen molar-refractivity contribution in [3.05, 3.63) is 28.8 Å². The maximum Gasteiger partial charge on any atom is 0.244 e. The third-order valence-corrected chi connectivity index (χ3v) is 4.28. The van der Waals surface area contributed by atoms with Gasteiger partial charge in [0.25, 0.3) is 0 Å². The summed E-state index contributed by atoms with van der Waals surface area (Å²) in [6.45, 7) is 4.95. The van der Waals surface area contributed by atoms with E-state index in [2.05, 4.69) is 17.6 Å². The number of benzene rings is 1. The highest BCUT2D eigenvalue weighted by Gasteiger charge is 2.39. The molecule has 0 radical (unpaired) electrons. The quantitative estimate of drug-likeness (QED) is 0.886. The molecule has 1 aliphatic heterocycles. The Hall–Kier alpha value is -1.06. The van der Waals surface area contributed by atoms with Crippen LogP contribution in [0.2, 0.25) is 5.02 Å². The van der Waals surface area contributed by atoms with Crippen LogP contribution in [0.1, 0.15) is 38.2 Å². The Labute approximate surface area is 119 Å². The molecule has 3 nitrogen and oxygen atoms in total. The minimum atomic E-state index is -0.399. The molecule has 104 valence electrons. The van der Waals surface area contributed by atoms with Crippen molar-refractivity contribution in [2.45, 2.75) is 45.1 Å². The number of rotatable bonds is 4. The van der Waals surface area contributed by atoms with Crippen molar-refractivity contribution in [1.29, 1.82) is 0 Å². The largest absolute Gasteiger partial charge is 0.324 e. The van der Waals surface area contributed by atoms with Gasteiger partial charge in [-0.05, 0) is 50.4 Å². The van der Waals surface area contributed by atoms with Gasteiger partial charge in [0.1, 0.15) is 0 Å². The number of halogens is 1. The van der Waals surface area contributed by atoms with Gasteiger partial charge in [-0.25, -0.2) is 0 Å². The summed E-state index contributed by atoms with van der Waals surface area (Å²) >= 11 is 6.09. The minimum absolute atomic E-state index is 0.0669. The highest BCUT2D eigenvalue weighted by atomic mass is 35.5. The van der Waals surface area contributed by atoms with Gasteiger partial charge in [-0.2, -0.15) is 0 Å². The summed E-state index contributed by atoms with van der Waals surface area (Å²) in [6, 6.07) is 5.59. The van der Waals surface area contributed by atoms with Crippen molar-refractivity contribution in [3.8, 4) is 0 Å². The average Bonchev–Trinajstić information content (AvgIpc) is 2.85. The van der Waals surface area contributed by atoms with Crippen LogP contribution in [0.25, 0.3) is 0 Å². The van der Waals surface area contributed by atoms with Crippen molar-refractivity contribution in [3.63, 3.8) is 0 Å². The van der Waals surface area contributed by atoms with Crippen LogP contribution in [0.4, 0.5) is 5.69 Å². The predicted octanol–water partition coefficient (Wildman–Crippen LogP) is 3.51. The Morgan fingerprint density at radius 2 is 2.32 bits per heavy atom. The SMILES string of the molecule is CCCC1(C(=O)Nc2cccc(Cl)c2C)CCCN1. The molecule has 1 amide bonds. The van der Waals surface area contributed by atoms with Gasteiger partial charge in [0, 0.05) is 10.7 Å². The fraction of sp³-hybridized carbons (Fsp3) is 0.533. The molecule has 2 N–H and O–H groups in total. The average molecular weight is 281 g/mol. The number of nitrogens with one attached hydrogen (secondary N) is 2. The van der Waals surface area contributed by atoms with E-state index in [0.717, 1.165) is 43.5 Å². The van der Waals surface area contributed by atoms with E-state index >= 15 is 0 Å². The Morgan fingerprint density at radius 1 is 1.53 bits per heavy atom. The molecular weight excluding hydrogens is 260 g/mol. The molecule has 1 saturated heterocycles. The lowest BCUT2D eigenvalue weighted by Gasteiger charge is -2.28. The van der Waals surface area contributed by atoms with Gasteiger partial charge >= 0.3 is 0 Å². The number of amides is 1. The summed E-state index contributed by atoms with van der Waals surface area (Å²) in [5, 5.41) is 7.09. The topological polar surface area (TPSA) is 41.1 Å². The second-order valence-electron chi connectivity index (χ2n) is 5.23. The van der Waals surface area contributed by atoms with Crippen molar-refractivity contribution < 1.29 is 4.79 Å². The summed E-state index contributed by atoms with van der Waals surface area (Å²) in [5.41, 5.74) is 1.33. The Morgan fingerprint density at radius 3 is 2.95 bits per heavy atom. The van der Waals surface area contributed by atoms with E-state index < -0.39 is 5.54 Å². The Balaban J connectivity index is 2.17. The van der Waals surface area contributed by atoms with E-state index in [0.29, 0.717) is 5.02 Å². The van der Waals surface area contributed by atoms with Crippen LogP contribution in [0.3, 0.4) is 0 Å². The van der Waals surface area contributed by atoms with E-state index in [9.17, 15) is 4.79 Å². The standard InChI is InChI=1S/C15H21ClN2O/c1-3-8-15(9-5-10-17-15)14(19)18-13-7-4-6-12(16)11(13)2/h4,6-7,17H,3,5,8-10H2,1-2H3,(H,18,19). The lowest BCUT2D eigenvalue weighted by molar-refractivity contribution is -0.122. The van der Waals surface area contributed by atoms with Crippen LogP contribution < -0.4 is 10.6 Å². The monoisotopic (exact) mass is 280 g/mol. The van der Waals surface area contributed by atoms with Gasteiger partial charge in [-0.3, -0.25) is 4.79 Å². The fourth-order valence-corrected chi connectivity index (χ4v) is 2.91. The maximum atomic E-state index is 12.6. The second-order valence-corrected chi connectivity index (χ2v) is 5.64. The molecule has 1 unspecified atom stereocenters. The summed E-state index contributed by atoms with van der Waals surface area (Å²) in [7, 11) is 0. The van der Waals surface area contributed by atoms with Gasteiger partial charge in [-0.1, -0.05) is 31.0 Å². The predicted molar refractivity (Wildman–Crippen MR) is 79.7 cm³/mol.